The van der Waals surface area contributed by atoms with Crippen molar-refractivity contribution in [3.05, 3.63) is 42.2 Å². The monoisotopic (exact) mass is 241 g/mol. The lowest BCUT2D eigenvalue weighted by molar-refractivity contribution is -0.127. The molecule has 2 N–H and O–H groups in total. The molecule has 0 bridgehead atoms. The molecule has 2 unspecified atom stereocenters. The number of likely N-dealkylation sites (N-methyl/N-ethyl adjacent to an activating group) is 1. The Kier molecular flexibility index (Phi) is 2.52. The predicted octanol–water partition coefficient (Wildman–Crippen LogP) is 1.47. The highest BCUT2D eigenvalue weighted by Gasteiger charge is 2.36. The van der Waals surface area contributed by atoms with Crippen LogP contribution < -0.4 is 5.73 Å². The number of amides is 1. The van der Waals surface area contributed by atoms with Crippen molar-refractivity contribution in [1.82, 2.24) is 9.88 Å². The van der Waals surface area contributed by atoms with E-state index in [1.165, 1.54) is 0 Å². The summed E-state index contributed by atoms with van der Waals surface area (Å²) < 4.78 is 0. The van der Waals surface area contributed by atoms with Gasteiger partial charge in [0, 0.05) is 42.9 Å². The summed E-state index contributed by atoms with van der Waals surface area (Å²) in [5.74, 6) is 0.0976. The average Bonchev–Trinajstić information content (AvgIpc) is 2.63. The van der Waals surface area contributed by atoms with E-state index in [0.29, 0.717) is 6.42 Å². The van der Waals surface area contributed by atoms with Crippen molar-refractivity contribution < 1.29 is 4.79 Å². The van der Waals surface area contributed by atoms with Crippen molar-refractivity contribution in [2.75, 3.05) is 7.05 Å². The number of carbonyl (C=O) groups excluding carboxylic acids is 1. The lowest BCUT2D eigenvalue weighted by Crippen LogP contribution is -2.30. The zero-order valence-electron chi connectivity index (χ0n) is 10.2. The Morgan fingerprint density at radius 3 is 2.83 bits per heavy atom. The summed E-state index contributed by atoms with van der Waals surface area (Å²) in [5.41, 5.74) is 7.13. The molecule has 2 aromatic rings. The zero-order valence-corrected chi connectivity index (χ0v) is 10.2. The fraction of sp³-hybridized carbons (Fsp3) is 0.286. The number of hydrogen-bond acceptors (Lipinski definition) is 3. The second-order valence-corrected chi connectivity index (χ2v) is 4.77. The number of pyridine rings is 1. The van der Waals surface area contributed by atoms with Gasteiger partial charge in [0.1, 0.15) is 0 Å². The minimum atomic E-state index is -0.157. The minimum Gasteiger partial charge on any atom is -0.337 e. The number of carbonyl (C=O) groups is 1. The van der Waals surface area contributed by atoms with Crippen LogP contribution in [-0.4, -0.2) is 28.9 Å². The van der Waals surface area contributed by atoms with E-state index in [9.17, 15) is 4.79 Å². The number of fused-ring (bicyclic) bond motifs is 1. The molecular weight excluding hydrogens is 226 g/mol. The molecule has 0 saturated carbocycles. The molecule has 92 valence electrons. The summed E-state index contributed by atoms with van der Waals surface area (Å²) in [5, 5.41) is 2.20. The first-order valence-electron chi connectivity index (χ1n) is 6.02. The van der Waals surface area contributed by atoms with Crippen LogP contribution in [0.4, 0.5) is 0 Å². The molecule has 1 saturated heterocycles. The molecule has 4 heteroatoms. The summed E-state index contributed by atoms with van der Waals surface area (Å²) in [7, 11) is 1.81. The smallest absolute Gasteiger partial charge is 0.224 e. The highest BCUT2D eigenvalue weighted by molar-refractivity contribution is 5.87. The van der Waals surface area contributed by atoms with Gasteiger partial charge in [0.05, 0.1) is 6.04 Å². The van der Waals surface area contributed by atoms with Gasteiger partial charge in [0.25, 0.3) is 0 Å². The third-order valence-corrected chi connectivity index (χ3v) is 3.64. The van der Waals surface area contributed by atoms with Crippen molar-refractivity contribution in [3.8, 4) is 0 Å². The van der Waals surface area contributed by atoms with Crippen LogP contribution in [0.3, 0.4) is 0 Å². The number of hydrogen-bond donors (Lipinski definition) is 1. The van der Waals surface area contributed by atoms with E-state index in [-0.39, 0.29) is 18.0 Å². The molecule has 3 rings (SSSR count). The van der Waals surface area contributed by atoms with Crippen LogP contribution in [0.15, 0.2) is 36.7 Å². The third kappa shape index (κ3) is 1.57. The van der Waals surface area contributed by atoms with Gasteiger partial charge < -0.3 is 10.6 Å². The standard InChI is InChI=1S/C14H15N3O/c1-17-13(18)6-12(15)14(17)11-8-16-7-9-4-2-3-5-10(9)11/h2-5,7-8,12,14H,6,15H2,1H3. The SMILES string of the molecule is CN1C(=O)CC(N)C1c1cncc2ccccc12. The van der Waals surface area contributed by atoms with E-state index in [2.05, 4.69) is 11.1 Å². The maximum atomic E-state index is 11.7. The second kappa shape index (κ2) is 4.07. The maximum Gasteiger partial charge on any atom is 0.224 e. The van der Waals surface area contributed by atoms with E-state index < -0.39 is 0 Å². The molecule has 0 spiro atoms. The summed E-state index contributed by atoms with van der Waals surface area (Å²) >= 11 is 0. The van der Waals surface area contributed by atoms with E-state index >= 15 is 0 Å². The summed E-state index contributed by atoms with van der Waals surface area (Å²) in [4.78, 5) is 17.7. The molecule has 1 aliphatic rings. The normalized spacial score (nSPS) is 23.9. The van der Waals surface area contributed by atoms with E-state index in [1.54, 1.807) is 4.90 Å². The number of likely N-dealkylation sites (tertiary alicyclic amines) is 1. The van der Waals surface area contributed by atoms with Gasteiger partial charge >= 0.3 is 0 Å². The molecule has 18 heavy (non-hydrogen) atoms. The maximum absolute atomic E-state index is 11.7. The topological polar surface area (TPSA) is 59.2 Å². The molecule has 1 fully saturated rings. The van der Waals surface area contributed by atoms with Crippen LogP contribution in [-0.2, 0) is 4.79 Å². The first kappa shape index (κ1) is 11.2. The van der Waals surface area contributed by atoms with Crippen LogP contribution >= 0.6 is 0 Å². The zero-order chi connectivity index (χ0) is 12.7. The molecular formula is C14H15N3O. The van der Waals surface area contributed by atoms with Gasteiger partial charge in [-0.15, -0.1) is 0 Å². The lowest BCUT2D eigenvalue weighted by Gasteiger charge is -2.24. The van der Waals surface area contributed by atoms with E-state index in [1.807, 2.05) is 37.6 Å². The number of aromatic nitrogens is 1. The molecule has 2 heterocycles. The Hall–Kier alpha value is -1.94. The molecule has 1 amide bonds. The summed E-state index contributed by atoms with van der Waals surface area (Å²) in [6.45, 7) is 0. The van der Waals surface area contributed by atoms with Gasteiger partial charge in [-0.25, -0.2) is 0 Å². The quantitative estimate of drug-likeness (QED) is 0.822. The number of benzene rings is 1. The fourth-order valence-corrected chi connectivity index (χ4v) is 2.71. The first-order chi connectivity index (χ1) is 8.68. The van der Waals surface area contributed by atoms with E-state index in [4.69, 9.17) is 5.73 Å². The minimum absolute atomic E-state index is 0.0731. The van der Waals surface area contributed by atoms with Gasteiger partial charge in [0.2, 0.25) is 5.91 Å². The van der Waals surface area contributed by atoms with Crippen molar-refractivity contribution in [1.29, 1.82) is 0 Å². The highest BCUT2D eigenvalue weighted by Crippen LogP contribution is 2.34. The van der Waals surface area contributed by atoms with Crippen LogP contribution in [0, 0.1) is 0 Å². The van der Waals surface area contributed by atoms with Gasteiger partial charge in [-0.2, -0.15) is 0 Å². The molecule has 1 aliphatic heterocycles. The number of nitrogens with two attached hydrogens (primary N) is 1. The van der Waals surface area contributed by atoms with E-state index in [0.717, 1.165) is 16.3 Å². The van der Waals surface area contributed by atoms with Gasteiger partial charge in [0.15, 0.2) is 0 Å². The molecule has 1 aromatic heterocycles. The second-order valence-electron chi connectivity index (χ2n) is 4.77. The number of nitrogens with zero attached hydrogens (tertiary/aromatic N) is 2. The fourth-order valence-electron chi connectivity index (χ4n) is 2.71. The Morgan fingerprint density at radius 2 is 2.11 bits per heavy atom. The number of rotatable bonds is 1. The Morgan fingerprint density at radius 1 is 1.33 bits per heavy atom. The Labute approximate surface area is 105 Å². The summed E-state index contributed by atoms with van der Waals surface area (Å²) in [6.07, 6.45) is 4.06. The van der Waals surface area contributed by atoms with Crippen molar-refractivity contribution in [3.63, 3.8) is 0 Å². The predicted molar refractivity (Wildman–Crippen MR) is 69.8 cm³/mol. The summed E-state index contributed by atoms with van der Waals surface area (Å²) in [6, 6.07) is 7.82. The molecule has 4 nitrogen and oxygen atoms in total. The average molecular weight is 241 g/mol. The molecule has 1 aromatic carbocycles. The molecule has 0 aliphatic carbocycles. The molecule has 0 radical (unpaired) electrons. The molecule has 2 atom stereocenters. The van der Waals surface area contributed by atoms with Crippen molar-refractivity contribution in [2.24, 2.45) is 5.73 Å². The highest BCUT2D eigenvalue weighted by atomic mass is 16.2. The lowest BCUT2D eigenvalue weighted by atomic mass is 9.97. The third-order valence-electron chi connectivity index (χ3n) is 3.64. The van der Waals surface area contributed by atoms with Crippen LogP contribution in [0.2, 0.25) is 0 Å². The Bertz CT molecular complexity index is 606. The van der Waals surface area contributed by atoms with Crippen LogP contribution in [0.1, 0.15) is 18.0 Å². The van der Waals surface area contributed by atoms with Gasteiger partial charge in [-0.05, 0) is 5.39 Å². The van der Waals surface area contributed by atoms with Crippen LogP contribution in [0.5, 0.6) is 0 Å². The Balaban J connectivity index is 2.17. The van der Waals surface area contributed by atoms with Gasteiger partial charge in [-0.3, -0.25) is 9.78 Å². The van der Waals surface area contributed by atoms with Crippen LogP contribution in [0.25, 0.3) is 10.8 Å². The van der Waals surface area contributed by atoms with Crippen molar-refractivity contribution in [2.45, 2.75) is 18.5 Å². The van der Waals surface area contributed by atoms with Gasteiger partial charge in [-0.1, -0.05) is 24.3 Å². The van der Waals surface area contributed by atoms with Crippen molar-refractivity contribution >= 4 is 16.7 Å². The first-order valence-corrected chi connectivity index (χ1v) is 6.02. The largest absolute Gasteiger partial charge is 0.337 e.